The van der Waals surface area contributed by atoms with E-state index in [0.717, 1.165) is 4.90 Å². The minimum atomic E-state index is -0.620. The third-order valence-electron chi connectivity index (χ3n) is 0.958. The highest BCUT2D eigenvalue weighted by molar-refractivity contribution is 6.21. The average molecular weight is 200 g/mol. The number of hydrogen-bond donors (Lipinski definition) is 0. The lowest BCUT2D eigenvalue weighted by atomic mass is 10.8. The summed E-state index contributed by atoms with van der Waals surface area (Å²) in [6.07, 6.45) is 0. The van der Waals surface area contributed by atoms with Crippen LogP contribution < -0.4 is 0 Å². The van der Waals surface area contributed by atoms with Crippen LogP contribution in [0.1, 0.15) is 0 Å². The molecule has 0 heterocycles. The maximum Gasteiger partial charge on any atom is 0.344 e. The Morgan fingerprint density at radius 1 is 1.45 bits per heavy atom. The molecule has 11 heavy (non-hydrogen) atoms. The molecule has 7 heteroatoms. The highest BCUT2D eigenvalue weighted by Gasteiger charge is 2.15. The molecule has 0 spiro atoms. The van der Waals surface area contributed by atoms with Gasteiger partial charge in [-0.3, -0.25) is 4.90 Å². The summed E-state index contributed by atoms with van der Waals surface area (Å²) < 4.78 is 0. The number of nitrogens with zero attached hydrogens (tertiary/aromatic N) is 3. The molecule has 0 bridgehead atoms. The summed E-state index contributed by atoms with van der Waals surface area (Å²) in [5.41, 5.74) is 0. The molecule has 0 aliphatic heterocycles. The van der Waals surface area contributed by atoms with Crippen molar-refractivity contribution in [1.29, 1.82) is 0 Å². The summed E-state index contributed by atoms with van der Waals surface area (Å²) in [7, 11) is 1.22. The first-order valence-electron chi connectivity index (χ1n) is 2.65. The van der Waals surface area contributed by atoms with E-state index in [0.29, 0.717) is 5.01 Å². The lowest BCUT2D eigenvalue weighted by Crippen LogP contribution is -2.36. The summed E-state index contributed by atoms with van der Waals surface area (Å²) in [6, 6.07) is -0.755. The van der Waals surface area contributed by atoms with Crippen molar-refractivity contribution in [3.63, 3.8) is 0 Å². The van der Waals surface area contributed by atoms with Crippen molar-refractivity contribution in [3.05, 3.63) is 4.91 Å². The van der Waals surface area contributed by atoms with Crippen LogP contribution in [0.15, 0.2) is 5.29 Å². The molecule has 0 aliphatic carbocycles. The third-order valence-corrected chi connectivity index (χ3v) is 1.54. The van der Waals surface area contributed by atoms with Crippen LogP contribution in [-0.4, -0.2) is 35.0 Å². The minimum Gasteiger partial charge on any atom is -0.296 e. The predicted octanol–water partition coefficient (Wildman–Crippen LogP) is 1.41. The molecule has 0 saturated carbocycles. The number of carbonyl (C=O) groups is 1. The van der Waals surface area contributed by atoms with Gasteiger partial charge < -0.3 is 0 Å². The Kier molecular flexibility index (Phi) is 4.89. The van der Waals surface area contributed by atoms with Crippen molar-refractivity contribution < 1.29 is 4.79 Å². The second-order valence-corrected chi connectivity index (χ2v) is 2.14. The first-order valence-corrected chi connectivity index (χ1v) is 3.72. The molecule has 0 radical (unpaired) electrons. The smallest absolute Gasteiger partial charge is 0.296 e. The summed E-state index contributed by atoms with van der Waals surface area (Å²) in [6.45, 7) is 0. The van der Waals surface area contributed by atoms with Gasteiger partial charge in [0.1, 0.15) is 0 Å². The molecule has 0 unspecified atom stereocenters. The predicted molar refractivity (Wildman–Crippen MR) is 42.2 cm³/mol. The van der Waals surface area contributed by atoms with Crippen LogP contribution in [0.5, 0.6) is 0 Å². The highest BCUT2D eigenvalue weighted by atomic mass is 35.5. The van der Waals surface area contributed by atoms with Crippen LogP contribution in [0, 0.1) is 4.91 Å². The van der Waals surface area contributed by atoms with Crippen LogP contribution in [0.3, 0.4) is 0 Å². The molecule has 0 aromatic rings. The number of halogens is 2. The number of alkyl halides is 2. The first kappa shape index (κ1) is 10.4. The lowest BCUT2D eigenvalue weighted by Gasteiger charge is -2.18. The van der Waals surface area contributed by atoms with E-state index in [1.54, 1.807) is 0 Å². The van der Waals surface area contributed by atoms with Crippen LogP contribution in [0.2, 0.25) is 0 Å². The monoisotopic (exact) mass is 199 g/mol. The molecule has 0 aliphatic rings. The van der Waals surface area contributed by atoms with E-state index in [9.17, 15) is 9.70 Å². The topological polar surface area (TPSA) is 53.0 Å². The van der Waals surface area contributed by atoms with E-state index in [1.165, 1.54) is 7.05 Å². The fourth-order valence-electron chi connectivity index (χ4n) is 0.374. The van der Waals surface area contributed by atoms with Crippen molar-refractivity contribution >= 4 is 29.2 Å². The van der Waals surface area contributed by atoms with Gasteiger partial charge in [-0.1, -0.05) is 0 Å². The second kappa shape index (κ2) is 5.15. The van der Waals surface area contributed by atoms with Gasteiger partial charge in [0.25, 0.3) is 0 Å². The molecular weight excluding hydrogens is 193 g/mol. The Balaban J connectivity index is 4.08. The van der Waals surface area contributed by atoms with Gasteiger partial charge in [0.2, 0.25) is 0 Å². The van der Waals surface area contributed by atoms with Gasteiger partial charge in [-0.2, -0.15) is 5.01 Å². The lowest BCUT2D eigenvalue weighted by molar-refractivity contribution is 0.178. The summed E-state index contributed by atoms with van der Waals surface area (Å²) in [5, 5.41) is 3.00. The zero-order valence-corrected chi connectivity index (χ0v) is 7.34. The Morgan fingerprint density at radius 3 is 2.18 bits per heavy atom. The summed E-state index contributed by atoms with van der Waals surface area (Å²) in [5.74, 6) is 0. The van der Waals surface area contributed by atoms with E-state index < -0.39 is 6.03 Å². The molecule has 0 aromatic carbocycles. The first-order chi connectivity index (χ1) is 5.17. The second-order valence-electron chi connectivity index (χ2n) is 1.67. The normalized spacial score (nSPS) is 9.00. The minimum absolute atomic E-state index is 0.0673. The molecule has 2 amide bonds. The van der Waals surface area contributed by atoms with Gasteiger partial charge in [-0.25, -0.2) is 4.79 Å². The fraction of sp³-hybridized carbons (Fsp3) is 0.750. The molecular formula is C4H7Cl2N3O2. The summed E-state index contributed by atoms with van der Waals surface area (Å²) in [4.78, 5) is 21.8. The van der Waals surface area contributed by atoms with Gasteiger partial charge in [-0.05, 0) is 0 Å². The number of amides is 2. The van der Waals surface area contributed by atoms with E-state index in [4.69, 9.17) is 23.2 Å². The van der Waals surface area contributed by atoms with E-state index >= 15 is 0 Å². The maximum absolute atomic E-state index is 10.9. The van der Waals surface area contributed by atoms with Gasteiger partial charge in [0, 0.05) is 7.05 Å². The average Bonchev–Trinajstić information content (AvgIpc) is 2.05. The molecule has 0 N–H and O–H groups in total. The number of urea groups is 1. The number of nitroso groups, excluding NO2 is 1. The van der Waals surface area contributed by atoms with Crippen LogP contribution in [0.25, 0.3) is 0 Å². The largest absolute Gasteiger partial charge is 0.344 e. The Hall–Kier alpha value is -0.550. The Labute approximate surface area is 73.8 Å². The van der Waals surface area contributed by atoms with Crippen LogP contribution in [0.4, 0.5) is 4.79 Å². The number of carbonyl (C=O) groups excluding carboxylic acids is 1. The zero-order valence-electron chi connectivity index (χ0n) is 5.83. The van der Waals surface area contributed by atoms with E-state index in [-0.39, 0.29) is 12.0 Å². The zero-order chi connectivity index (χ0) is 8.85. The van der Waals surface area contributed by atoms with Crippen LogP contribution in [-0.2, 0) is 0 Å². The van der Waals surface area contributed by atoms with Crippen molar-refractivity contribution in [3.8, 4) is 0 Å². The molecule has 0 atom stereocenters. The molecule has 0 aromatic heterocycles. The molecule has 0 fully saturated rings. The Morgan fingerprint density at radius 2 is 1.91 bits per heavy atom. The number of hydrogen-bond acceptors (Lipinski definition) is 3. The standard InChI is InChI=1S/C4H7Cl2N3O2/c1-8(7-11)4(10)9(2-5)3-6/h2-3H2,1H3. The fourth-order valence-corrected chi connectivity index (χ4v) is 0.834. The highest BCUT2D eigenvalue weighted by Crippen LogP contribution is 2.00. The maximum atomic E-state index is 10.9. The van der Waals surface area contributed by atoms with Gasteiger partial charge in [0.15, 0.2) is 0 Å². The van der Waals surface area contributed by atoms with Gasteiger partial charge >= 0.3 is 6.03 Å². The number of rotatable bonds is 3. The van der Waals surface area contributed by atoms with E-state index in [2.05, 4.69) is 5.29 Å². The van der Waals surface area contributed by atoms with Crippen molar-refractivity contribution in [2.45, 2.75) is 0 Å². The van der Waals surface area contributed by atoms with Gasteiger partial charge in [0.05, 0.1) is 17.3 Å². The van der Waals surface area contributed by atoms with Gasteiger partial charge in [-0.15, -0.1) is 28.1 Å². The van der Waals surface area contributed by atoms with Crippen molar-refractivity contribution in [2.24, 2.45) is 5.29 Å². The van der Waals surface area contributed by atoms with Crippen molar-refractivity contribution in [1.82, 2.24) is 9.91 Å². The van der Waals surface area contributed by atoms with E-state index in [1.807, 2.05) is 0 Å². The van der Waals surface area contributed by atoms with Crippen LogP contribution >= 0.6 is 23.2 Å². The third kappa shape index (κ3) is 2.90. The summed E-state index contributed by atoms with van der Waals surface area (Å²) >= 11 is 10.6. The molecule has 64 valence electrons. The molecule has 0 saturated heterocycles. The Bertz CT molecular complexity index is 150. The quantitative estimate of drug-likeness (QED) is 0.299. The SMILES string of the molecule is CN(N=O)C(=O)N(CCl)CCl. The molecule has 5 nitrogen and oxygen atoms in total. The molecule has 0 rings (SSSR count). The van der Waals surface area contributed by atoms with Crippen molar-refractivity contribution in [2.75, 3.05) is 19.1 Å².